The number of aromatic nitrogens is 1. The molecule has 0 aliphatic heterocycles. The lowest BCUT2D eigenvalue weighted by Crippen LogP contribution is -2.17. The van der Waals surface area contributed by atoms with E-state index in [4.69, 9.17) is 4.18 Å². The van der Waals surface area contributed by atoms with Crippen LogP contribution in [0.5, 0.6) is 5.75 Å². The van der Waals surface area contributed by atoms with E-state index in [9.17, 15) is 13.2 Å². The minimum Gasteiger partial charge on any atom is -0.383 e. The van der Waals surface area contributed by atoms with E-state index in [2.05, 4.69) is 15.5 Å². The molecule has 2 rings (SSSR count). The van der Waals surface area contributed by atoms with Gasteiger partial charge in [-0.15, -0.1) is 0 Å². The van der Waals surface area contributed by atoms with Gasteiger partial charge in [-0.25, -0.2) is 5.43 Å². The summed E-state index contributed by atoms with van der Waals surface area (Å²) < 4.78 is 26.9. The van der Waals surface area contributed by atoms with Gasteiger partial charge in [-0.3, -0.25) is 9.78 Å². The highest BCUT2D eigenvalue weighted by atomic mass is 32.2. The van der Waals surface area contributed by atoms with Crippen LogP contribution in [-0.4, -0.2) is 31.8 Å². The fraction of sp³-hybridized carbons (Fsp3) is 0.0714. The second-order valence-electron chi connectivity index (χ2n) is 4.29. The predicted octanol–water partition coefficient (Wildman–Crippen LogP) is 1.18. The van der Waals surface area contributed by atoms with E-state index >= 15 is 0 Å². The molecular formula is C14H13N3O4S. The molecule has 1 amide bonds. The van der Waals surface area contributed by atoms with Crippen LogP contribution in [0, 0.1) is 0 Å². The molecular weight excluding hydrogens is 306 g/mol. The van der Waals surface area contributed by atoms with Crippen LogP contribution >= 0.6 is 0 Å². The topological polar surface area (TPSA) is 97.7 Å². The van der Waals surface area contributed by atoms with Crippen LogP contribution < -0.4 is 9.61 Å². The number of amides is 1. The number of hydrogen-bond acceptors (Lipinski definition) is 6. The van der Waals surface area contributed by atoms with E-state index in [1.165, 1.54) is 30.7 Å². The van der Waals surface area contributed by atoms with Crippen molar-refractivity contribution in [1.29, 1.82) is 0 Å². The maximum Gasteiger partial charge on any atom is 0.306 e. The van der Waals surface area contributed by atoms with Gasteiger partial charge in [0.1, 0.15) is 5.75 Å². The zero-order chi connectivity index (χ0) is 16.0. The number of carbonyl (C=O) groups is 1. The molecule has 0 spiro atoms. The Morgan fingerprint density at radius 3 is 2.68 bits per heavy atom. The largest absolute Gasteiger partial charge is 0.383 e. The van der Waals surface area contributed by atoms with Crippen LogP contribution in [0.25, 0.3) is 0 Å². The van der Waals surface area contributed by atoms with Crippen LogP contribution in [0.1, 0.15) is 15.9 Å². The summed E-state index contributed by atoms with van der Waals surface area (Å²) in [6.45, 7) is 0. The van der Waals surface area contributed by atoms with Crippen molar-refractivity contribution in [2.45, 2.75) is 0 Å². The number of benzene rings is 1. The first kappa shape index (κ1) is 15.6. The van der Waals surface area contributed by atoms with Crippen LogP contribution in [0.15, 0.2) is 53.9 Å². The Morgan fingerprint density at radius 1 is 1.27 bits per heavy atom. The summed E-state index contributed by atoms with van der Waals surface area (Å²) >= 11 is 0. The summed E-state index contributed by atoms with van der Waals surface area (Å²) in [6.07, 6.45) is 5.35. The van der Waals surface area contributed by atoms with Crippen molar-refractivity contribution in [3.63, 3.8) is 0 Å². The summed E-state index contributed by atoms with van der Waals surface area (Å²) in [5.74, 6) is -0.200. The number of nitrogens with zero attached hydrogens (tertiary/aromatic N) is 2. The summed E-state index contributed by atoms with van der Waals surface area (Å²) in [6, 6.07) is 9.43. The molecule has 22 heavy (non-hydrogen) atoms. The Hall–Kier alpha value is -2.74. The molecule has 7 nitrogen and oxygen atoms in total. The van der Waals surface area contributed by atoms with Crippen LogP contribution in [0.3, 0.4) is 0 Å². The maximum atomic E-state index is 11.7. The molecule has 0 aliphatic carbocycles. The van der Waals surface area contributed by atoms with E-state index in [-0.39, 0.29) is 11.7 Å². The average Bonchev–Trinajstić information content (AvgIpc) is 2.47. The predicted molar refractivity (Wildman–Crippen MR) is 81.2 cm³/mol. The second kappa shape index (κ2) is 6.81. The lowest BCUT2D eigenvalue weighted by Gasteiger charge is -2.03. The third kappa shape index (κ3) is 4.98. The molecule has 1 heterocycles. The van der Waals surface area contributed by atoms with E-state index in [1.807, 2.05) is 0 Å². The Morgan fingerprint density at radius 2 is 2.00 bits per heavy atom. The SMILES string of the molecule is CS(=O)(=O)Oc1cccc(/C=N/NC(=O)c2ccncc2)c1. The molecule has 8 heteroatoms. The number of carbonyl (C=O) groups excluding carboxylic acids is 1. The Balaban J connectivity index is 2.02. The van der Waals surface area contributed by atoms with E-state index in [0.717, 1.165) is 6.26 Å². The molecule has 0 bridgehead atoms. The number of hydrogen-bond donors (Lipinski definition) is 1. The Kier molecular flexibility index (Phi) is 4.84. The fourth-order valence-electron chi connectivity index (χ4n) is 1.55. The molecule has 0 aliphatic rings. The summed E-state index contributed by atoms with van der Waals surface area (Å²) in [4.78, 5) is 15.5. The van der Waals surface area contributed by atoms with Crippen molar-refractivity contribution in [1.82, 2.24) is 10.4 Å². The lowest BCUT2D eigenvalue weighted by atomic mass is 10.2. The number of hydrazone groups is 1. The maximum absolute atomic E-state index is 11.7. The third-order valence-corrected chi connectivity index (χ3v) is 2.92. The van der Waals surface area contributed by atoms with Crippen LogP contribution in [0.4, 0.5) is 0 Å². The Labute approximate surface area is 127 Å². The van der Waals surface area contributed by atoms with Gasteiger partial charge in [0, 0.05) is 18.0 Å². The molecule has 0 atom stereocenters. The smallest absolute Gasteiger partial charge is 0.306 e. The van der Waals surface area contributed by atoms with Gasteiger partial charge in [-0.1, -0.05) is 12.1 Å². The second-order valence-corrected chi connectivity index (χ2v) is 5.87. The monoisotopic (exact) mass is 319 g/mol. The van der Waals surface area contributed by atoms with Gasteiger partial charge in [0.2, 0.25) is 0 Å². The zero-order valence-corrected chi connectivity index (χ0v) is 12.4. The van der Waals surface area contributed by atoms with Gasteiger partial charge in [-0.2, -0.15) is 13.5 Å². The quantitative estimate of drug-likeness (QED) is 0.507. The van der Waals surface area contributed by atoms with Crippen LogP contribution in [-0.2, 0) is 10.1 Å². The zero-order valence-electron chi connectivity index (χ0n) is 11.6. The molecule has 2 aromatic rings. The minimum atomic E-state index is -3.58. The number of rotatable bonds is 5. The van der Waals surface area contributed by atoms with E-state index < -0.39 is 10.1 Å². The third-order valence-electron chi connectivity index (χ3n) is 2.43. The number of nitrogens with one attached hydrogen (secondary N) is 1. The van der Waals surface area contributed by atoms with Crippen molar-refractivity contribution in [3.8, 4) is 5.75 Å². The minimum absolute atomic E-state index is 0.173. The first-order chi connectivity index (χ1) is 10.4. The first-order valence-corrected chi connectivity index (χ1v) is 7.99. The van der Waals surface area contributed by atoms with Crippen molar-refractivity contribution >= 4 is 22.2 Å². The lowest BCUT2D eigenvalue weighted by molar-refractivity contribution is 0.0955. The molecule has 1 aromatic heterocycles. The van der Waals surface area contributed by atoms with Gasteiger partial charge in [0.15, 0.2) is 0 Å². The summed E-state index contributed by atoms with van der Waals surface area (Å²) in [7, 11) is -3.58. The first-order valence-electron chi connectivity index (χ1n) is 6.17. The van der Waals surface area contributed by atoms with E-state index in [0.29, 0.717) is 11.1 Å². The highest BCUT2D eigenvalue weighted by Crippen LogP contribution is 2.13. The van der Waals surface area contributed by atoms with Crippen molar-refractivity contribution < 1.29 is 17.4 Å². The summed E-state index contributed by atoms with van der Waals surface area (Å²) in [5.41, 5.74) is 3.37. The normalized spacial score (nSPS) is 11.3. The van der Waals surface area contributed by atoms with Crippen molar-refractivity contribution in [2.75, 3.05) is 6.26 Å². The fourth-order valence-corrected chi connectivity index (χ4v) is 2.01. The number of pyridine rings is 1. The molecule has 1 N–H and O–H groups in total. The average molecular weight is 319 g/mol. The van der Waals surface area contributed by atoms with Gasteiger partial charge in [0.05, 0.1) is 12.5 Å². The van der Waals surface area contributed by atoms with Gasteiger partial charge in [-0.05, 0) is 29.8 Å². The highest BCUT2D eigenvalue weighted by Gasteiger charge is 2.04. The molecule has 0 saturated heterocycles. The molecule has 0 radical (unpaired) electrons. The Bertz CT molecular complexity index is 789. The van der Waals surface area contributed by atoms with Crippen molar-refractivity contribution in [3.05, 3.63) is 59.9 Å². The van der Waals surface area contributed by atoms with Gasteiger partial charge >= 0.3 is 10.1 Å². The molecule has 0 saturated carbocycles. The highest BCUT2D eigenvalue weighted by molar-refractivity contribution is 7.86. The standard InChI is InChI=1S/C14H13N3O4S/c1-22(19,20)21-13-4-2-3-11(9-13)10-16-17-14(18)12-5-7-15-8-6-12/h2-10H,1H3,(H,17,18)/b16-10+. The molecule has 1 aromatic carbocycles. The van der Waals surface area contributed by atoms with Crippen molar-refractivity contribution in [2.24, 2.45) is 5.10 Å². The van der Waals surface area contributed by atoms with Gasteiger partial charge < -0.3 is 4.18 Å². The van der Waals surface area contributed by atoms with E-state index in [1.54, 1.807) is 24.3 Å². The van der Waals surface area contributed by atoms with Gasteiger partial charge in [0.25, 0.3) is 5.91 Å². The van der Waals surface area contributed by atoms with Crippen LogP contribution in [0.2, 0.25) is 0 Å². The molecule has 114 valence electrons. The summed E-state index contributed by atoms with van der Waals surface area (Å²) in [5, 5.41) is 3.81. The molecule has 0 fully saturated rings. The molecule has 0 unspecified atom stereocenters.